The van der Waals surface area contributed by atoms with E-state index >= 15 is 0 Å². The van der Waals surface area contributed by atoms with E-state index < -0.39 is 0 Å². The van der Waals surface area contributed by atoms with Crippen molar-refractivity contribution in [1.82, 2.24) is 15.2 Å². The number of hydrogen-bond acceptors (Lipinski definition) is 3. The van der Waals surface area contributed by atoms with Crippen molar-refractivity contribution >= 4 is 0 Å². The monoisotopic (exact) mass is 220 g/mol. The second-order valence-corrected chi connectivity index (χ2v) is 4.46. The van der Waals surface area contributed by atoms with Gasteiger partial charge in [0.15, 0.2) is 0 Å². The number of nitrogens with one attached hydrogen (secondary N) is 1. The second kappa shape index (κ2) is 4.80. The topological polar surface area (TPSA) is 55.9 Å². The summed E-state index contributed by atoms with van der Waals surface area (Å²) in [4.78, 5) is 0. The minimum atomic E-state index is 0.117. The van der Waals surface area contributed by atoms with Gasteiger partial charge in [0.05, 0.1) is 17.4 Å². The molecule has 1 heterocycles. The lowest BCUT2D eigenvalue weighted by atomic mass is 9.92. The molecule has 0 radical (unpaired) electrons. The number of hydrazine groups is 1. The smallest absolute Gasteiger partial charge is 0.0838 e. The molecule has 1 aliphatic carbocycles. The summed E-state index contributed by atoms with van der Waals surface area (Å²) in [6.45, 7) is 2.01. The lowest BCUT2D eigenvalue weighted by Gasteiger charge is -2.22. The molecule has 2 rings (SSSR count). The number of rotatable bonds is 3. The maximum atomic E-state index is 5.68. The van der Waals surface area contributed by atoms with Crippen LogP contribution >= 0.6 is 0 Å². The molecule has 1 atom stereocenters. The standard InChI is InChI=1S/C12H20N4/c1-9-8-11(16(2)15-9)12(14-13)10-6-4-3-5-7-10/h6,8,12,14H,3-5,7,13H2,1-2H3. The lowest BCUT2D eigenvalue weighted by Crippen LogP contribution is -2.31. The van der Waals surface area contributed by atoms with Crippen molar-refractivity contribution in [1.29, 1.82) is 0 Å². The SMILES string of the molecule is Cc1cc(C(NN)C2=CCCCC2)n(C)n1. The first-order valence-corrected chi connectivity index (χ1v) is 5.88. The van der Waals surface area contributed by atoms with Crippen molar-refractivity contribution < 1.29 is 0 Å². The molecular weight excluding hydrogens is 200 g/mol. The number of aromatic nitrogens is 2. The summed E-state index contributed by atoms with van der Waals surface area (Å²) < 4.78 is 1.91. The quantitative estimate of drug-likeness (QED) is 0.463. The van der Waals surface area contributed by atoms with Gasteiger partial charge in [0.2, 0.25) is 0 Å². The first kappa shape index (κ1) is 11.4. The Morgan fingerprint density at radius 3 is 2.81 bits per heavy atom. The number of nitrogens with zero attached hydrogens (tertiary/aromatic N) is 2. The van der Waals surface area contributed by atoms with Crippen LogP contribution in [0.1, 0.15) is 43.1 Å². The van der Waals surface area contributed by atoms with Crippen LogP contribution < -0.4 is 11.3 Å². The van der Waals surface area contributed by atoms with E-state index in [2.05, 4.69) is 22.7 Å². The van der Waals surface area contributed by atoms with E-state index in [1.807, 2.05) is 18.7 Å². The maximum absolute atomic E-state index is 5.68. The summed E-state index contributed by atoms with van der Waals surface area (Å²) in [5, 5.41) is 4.37. The first-order valence-electron chi connectivity index (χ1n) is 5.88. The second-order valence-electron chi connectivity index (χ2n) is 4.46. The van der Waals surface area contributed by atoms with E-state index in [9.17, 15) is 0 Å². The molecule has 0 saturated carbocycles. The summed E-state index contributed by atoms with van der Waals surface area (Å²) in [6.07, 6.45) is 7.19. The van der Waals surface area contributed by atoms with Crippen molar-refractivity contribution in [2.24, 2.45) is 12.9 Å². The van der Waals surface area contributed by atoms with Gasteiger partial charge in [-0.2, -0.15) is 5.10 Å². The average molecular weight is 220 g/mol. The first-order chi connectivity index (χ1) is 7.72. The van der Waals surface area contributed by atoms with Gasteiger partial charge < -0.3 is 0 Å². The molecule has 0 saturated heterocycles. The van der Waals surface area contributed by atoms with Crippen molar-refractivity contribution in [3.8, 4) is 0 Å². The minimum absolute atomic E-state index is 0.117. The normalized spacial score (nSPS) is 18.3. The third-order valence-electron chi connectivity index (χ3n) is 3.20. The van der Waals surface area contributed by atoms with Crippen LogP contribution in [0.2, 0.25) is 0 Å². The Labute approximate surface area is 96.5 Å². The van der Waals surface area contributed by atoms with Crippen LogP contribution in [0.5, 0.6) is 0 Å². The highest BCUT2D eigenvalue weighted by molar-refractivity contribution is 5.25. The van der Waals surface area contributed by atoms with Gasteiger partial charge in [-0.25, -0.2) is 5.43 Å². The number of aryl methyl sites for hydroxylation is 2. The van der Waals surface area contributed by atoms with Gasteiger partial charge in [-0.1, -0.05) is 11.6 Å². The van der Waals surface area contributed by atoms with Crippen molar-refractivity contribution in [2.45, 2.75) is 38.6 Å². The molecule has 88 valence electrons. The Morgan fingerprint density at radius 1 is 1.50 bits per heavy atom. The molecular formula is C12H20N4. The third kappa shape index (κ3) is 2.18. The maximum Gasteiger partial charge on any atom is 0.0838 e. The van der Waals surface area contributed by atoms with Crippen molar-refractivity contribution in [3.05, 3.63) is 29.1 Å². The molecule has 3 N–H and O–H groups in total. The van der Waals surface area contributed by atoms with E-state index in [1.54, 1.807) is 0 Å². The molecule has 1 aromatic heterocycles. The summed E-state index contributed by atoms with van der Waals surface area (Å²) in [7, 11) is 1.97. The summed E-state index contributed by atoms with van der Waals surface area (Å²) in [6, 6.07) is 2.21. The summed E-state index contributed by atoms with van der Waals surface area (Å²) in [5.74, 6) is 5.68. The van der Waals surface area contributed by atoms with Crippen LogP contribution in [0.25, 0.3) is 0 Å². The predicted octanol–water partition coefficient (Wildman–Crippen LogP) is 1.73. The van der Waals surface area contributed by atoms with Crippen molar-refractivity contribution in [2.75, 3.05) is 0 Å². The molecule has 0 aromatic carbocycles. The minimum Gasteiger partial charge on any atom is -0.271 e. The molecule has 1 aromatic rings. The van der Waals surface area contributed by atoms with E-state index in [-0.39, 0.29) is 6.04 Å². The Hall–Kier alpha value is -1.13. The molecule has 4 heteroatoms. The molecule has 0 fully saturated rings. The van der Waals surface area contributed by atoms with Crippen LogP contribution in [-0.2, 0) is 7.05 Å². The molecule has 0 spiro atoms. The zero-order valence-corrected chi connectivity index (χ0v) is 10.0. The van der Waals surface area contributed by atoms with Crippen LogP contribution in [0.4, 0.5) is 0 Å². The molecule has 0 amide bonds. The van der Waals surface area contributed by atoms with Crippen LogP contribution in [-0.4, -0.2) is 9.78 Å². The lowest BCUT2D eigenvalue weighted by molar-refractivity contribution is 0.529. The van der Waals surface area contributed by atoms with E-state index in [0.29, 0.717) is 0 Å². The molecule has 4 nitrogen and oxygen atoms in total. The average Bonchev–Trinajstić information content (AvgIpc) is 2.61. The van der Waals surface area contributed by atoms with E-state index in [0.717, 1.165) is 17.8 Å². The number of hydrogen-bond donors (Lipinski definition) is 2. The Kier molecular flexibility index (Phi) is 3.41. The zero-order valence-electron chi connectivity index (χ0n) is 10.0. The van der Waals surface area contributed by atoms with E-state index in [4.69, 9.17) is 5.84 Å². The van der Waals surface area contributed by atoms with Gasteiger partial charge in [-0.15, -0.1) is 0 Å². The summed E-state index contributed by atoms with van der Waals surface area (Å²) in [5.41, 5.74) is 6.50. The third-order valence-corrected chi connectivity index (χ3v) is 3.20. The fourth-order valence-corrected chi connectivity index (χ4v) is 2.41. The van der Waals surface area contributed by atoms with Crippen LogP contribution in [0, 0.1) is 6.92 Å². The Bertz CT molecular complexity index is 392. The molecule has 1 unspecified atom stereocenters. The fourth-order valence-electron chi connectivity index (χ4n) is 2.41. The van der Waals surface area contributed by atoms with Crippen LogP contribution in [0.3, 0.4) is 0 Å². The van der Waals surface area contributed by atoms with E-state index in [1.165, 1.54) is 24.8 Å². The molecule has 0 aliphatic heterocycles. The fraction of sp³-hybridized carbons (Fsp3) is 0.583. The highest BCUT2D eigenvalue weighted by Gasteiger charge is 2.20. The Balaban J connectivity index is 2.28. The molecule has 16 heavy (non-hydrogen) atoms. The summed E-state index contributed by atoms with van der Waals surface area (Å²) >= 11 is 0. The van der Waals surface area contributed by atoms with Gasteiger partial charge >= 0.3 is 0 Å². The van der Waals surface area contributed by atoms with Gasteiger partial charge in [-0.3, -0.25) is 10.5 Å². The zero-order chi connectivity index (χ0) is 11.5. The van der Waals surface area contributed by atoms with Gasteiger partial charge in [0, 0.05) is 7.05 Å². The Morgan fingerprint density at radius 2 is 2.31 bits per heavy atom. The molecule has 0 bridgehead atoms. The molecule has 1 aliphatic rings. The van der Waals surface area contributed by atoms with Crippen molar-refractivity contribution in [3.63, 3.8) is 0 Å². The highest BCUT2D eigenvalue weighted by atomic mass is 15.3. The van der Waals surface area contributed by atoms with Gasteiger partial charge in [-0.05, 0) is 38.7 Å². The van der Waals surface area contributed by atoms with Gasteiger partial charge in [0.1, 0.15) is 0 Å². The van der Waals surface area contributed by atoms with Crippen LogP contribution in [0.15, 0.2) is 17.7 Å². The number of allylic oxidation sites excluding steroid dienone is 1. The highest BCUT2D eigenvalue weighted by Crippen LogP contribution is 2.29. The predicted molar refractivity (Wildman–Crippen MR) is 64.6 cm³/mol. The largest absolute Gasteiger partial charge is 0.271 e. The van der Waals surface area contributed by atoms with Gasteiger partial charge in [0.25, 0.3) is 0 Å². The number of nitrogens with two attached hydrogens (primary N) is 1.